The topological polar surface area (TPSA) is 185 Å². The van der Waals surface area contributed by atoms with Gasteiger partial charge in [-0.1, -0.05) is 65.5 Å². The average molecular weight is 789 g/mol. The summed E-state index contributed by atoms with van der Waals surface area (Å²) in [5.41, 5.74) is -0.0721. The fraction of sp³-hybridized carbons (Fsp3) is 0.750. The molecule has 322 valence electrons. The number of aliphatic carboxylic acids is 1. The molecule has 55 heavy (non-hydrogen) atoms. The minimum Gasteiger partial charge on any atom is -0.480 e. The highest BCUT2D eigenvalue weighted by Crippen LogP contribution is 2.13. The van der Waals surface area contributed by atoms with Crippen molar-refractivity contribution in [2.75, 3.05) is 73.3 Å². The number of aliphatic hydroxyl groups is 1. The van der Waals surface area contributed by atoms with E-state index >= 15 is 0 Å². The molecule has 0 aliphatic heterocycles. The van der Waals surface area contributed by atoms with Gasteiger partial charge in [0.2, 0.25) is 0 Å². The van der Waals surface area contributed by atoms with Crippen LogP contribution in [0.15, 0.2) is 30.3 Å². The van der Waals surface area contributed by atoms with Crippen molar-refractivity contribution in [3.63, 3.8) is 0 Å². The molecular formula is C40H76N4O11. The highest BCUT2D eigenvalue weighted by Gasteiger charge is 2.28. The van der Waals surface area contributed by atoms with E-state index in [9.17, 15) is 19.2 Å². The van der Waals surface area contributed by atoms with Crippen LogP contribution in [0.2, 0.25) is 0 Å². The van der Waals surface area contributed by atoms with Crippen molar-refractivity contribution in [3.8, 4) is 0 Å². The summed E-state index contributed by atoms with van der Waals surface area (Å²) in [6.45, 7) is 24.2. The lowest BCUT2D eigenvalue weighted by Crippen LogP contribution is -2.45. The van der Waals surface area contributed by atoms with E-state index in [0.717, 1.165) is 5.56 Å². The third-order valence-corrected chi connectivity index (χ3v) is 6.94. The molecule has 0 fully saturated rings. The Morgan fingerprint density at radius 2 is 1.09 bits per heavy atom. The van der Waals surface area contributed by atoms with E-state index in [-0.39, 0.29) is 44.5 Å². The molecule has 0 bridgehead atoms. The van der Waals surface area contributed by atoms with Crippen molar-refractivity contribution in [1.82, 2.24) is 20.4 Å². The van der Waals surface area contributed by atoms with Gasteiger partial charge >= 0.3 is 24.1 Å². The number of benzene rings is 1. The fourth-order valence-corrected chi connectivity index (χ4v) is 4.74. The van der Waals surface area contributed by atoms with Gasteiger partial charge in [-0.3, -0.25) is 19.4 Å². The molecule has 0 heterocycles. The zero-order chi connectivity index (χ0) is 41.9. The van der Waals surface area contributed by atoms with Gasteiger partial charge in [0.15, 0.2) is 0 Å². The lowest BCUT2D eigenvalue weighted by Gasteiger charge is -2.29. The van der Waals surface area contributed by atoms with Crippen molar-refractivity contribution in [2.45, 2.75) is 113 Å². The Labute approximate surface area is 331 Å². The molecule has 0 unspecified atom stereocenters. The van der Waals surface area contributed by atoms with E-state index in [4.69, 9.17) is 33.9 Å². The van der Waals surface area contributed by atoms with Crippen molar-refractivity contribution < 1.29 is 53.1 Å². The van der Waals surface area contributed by atoms with Crippen LogP contribution in [0.25, 0.3) is 0 Å². The van der Waals surface area contributed by atoms with Crippen LogP contribution in [0, 0.1) is 11.8 Å². The molecule has 15 nitrogen and oxygen atoms in total. The zero-order valence-corrected chi connectivity index (χ0v) is 35.2. The van der Waals surface area contributed by atoms with Crippen LogP contribution in [0.1, 0.15) is 89.2 Å². The third kappa shape index (κ3) is 31.4. The second-order valence-corrected chi connectivity index (χ2v) is 15.2. The fourth-order valence-electron chi connectivity index (χ4n) is 4.74. The lowest BCUT2D eigenvalue weighted by molar-refractivity contribution is -0.153. The van der Waals surface area contributed by atoms with Gasteiger partial charge < -0.3 is 44.5 Å². The molecule has 1 aromatic carbocycles. The maximum Gasteiger partial charge on any atom is 0.407 e. The van der Waals surface area contributed by atoms with Crippen LogP contribution in [-0.4, -0.2) is 141 Å². The van der Waals surface area contributed by atoms with Crippen molar-refractivity contribution in [2.24, 2.45) is 11.8 Å². The van der Waals surface area contributed by atoms with Crippen LogP contribution in [0.3, 0.4) is 0 Å². The number of alkyl carbamates (subject to hydrolysis) is 2. The number of hydrogen-bond acceptors (Lipinski definition) is 12. The Bertz CT molecular complexity index is 1160. The SMILES string of the molecule is C.CC(C)[C@@H](C(=O)O)N(C)CCOCCNC(=O)OC(C)(C)C.CC(C)[C@@H](C(=O)OCc1ccccc1)N(C)CCOCCNC(=O)OC(C)(C)C.CCO. The Morgan fingerprint density at radius 1 is 0.709 bits per heavy atom. The molecular weight excluding hydrogens is 712 g/mol. The number of carbonyl (C=O) groups is 4. The first-order valence-corrected chi connectivity index (χ1v) is 18.6. The van der Waals surface area contributed by atoms with E-state index in [1.807, 2.05) is 90.7 Å². The van der Waals surface area contributed by atoms with Gasteiger partial charge in [-0.2, -0.15) is 0 Å². The molecule has 0 aromatic heterocycles. The van der Waals surface area contributed by atoms with E-state index in [0.29, 0.717) is 52.6 Å². The summed E-state index contributed by atoms with van der Waals surface area (Å²) in [4.78, 5) is 50.4. The second kappa shape index (κ2) is 30.7. The number of esters is 1. The van der Waals surface area contributed by atoms with Crippen LogP contribution in [-0.2, 0) is 39.9 Å². The summed E-state index contributed by atoms with van der Waals surface area (Å²) in [5, 5.41) is 22.0. The highest BCUT2D eigenvalue weighted by molar-refractivity contribution is 5.76. The van der Waals surface area contributed by atoms with Crippen LogP contribution in [0.5, 0.6) is 0 Å². The van der Waals surface area contributed by atoms with E-state index < -0.39 is 35.4 Å². The molecule has 0 aliphatic carbocycles. The number of hydrogen-bond donors (Lipinski definition) is 4. The largest absolute Gasteiger partial charge is 0.480 e. The first kappa shape index (κ1) is 55.8. The first-order chi connectivity index (χ1) is 25.1. The molecule has 0 saturated heterocycles. The molecule has 2 amide bonds. The van der Waals surface area contributed by atoms with E-state index in [2.05, 4.69) is 10.6 Å². The molecule has 1 rings (SSSR count). The Balaban J connectivity index is -0.000000931. The monoisotopic (exact) mass is 789 g/mol. The molecule has 1 aromatic rings. The Kier molecular flexibility index (Phi) is 31.2. The van der Waals surface area contributed by atoms with Crippen molar-refractivity contribution in [3.05, 3.63) is 35.9 Å². The highest BCUT2D eigenvalue weighted by atomic mass is 16.6. The molecule has 0 radical (unpaired) electrons. The van der Waals surface area contributed by atoms with E-state index in [1.165, 1.54) is 0 Å². The first-order valence-electron chi connectivity index (χ1n) is 18.6. The van der Waals surface area contributed by atoms with Crippen LogP contribution < -0.4 is 10.6 Å². The van der Waals surface area contributed by atoms with Crippen molar-refractivity contribution >= 4 is 24.1 Å². The zero-order valence-electron chi connectivity index (χ0n) is 35.2. The van der Waals surface area contributed by atoms with Crippen LogP contribution >= 0.6 is 0 Å². The number of nitrogens with zero attached hydrogens (tertiary/aromatic N) is 2. The normalized spacial score (nSPS) is 12.3. The summed E-state index contributed by atoms with van der Waals surface area (Å²) in [6.07, 6.45) is -0.932. The number of amides is 2. The van der Waals surface area contributed by atoms with Gasteiger partial charge in [-0.05, 0) is 80.0 Å². The predicted molar refractivity (Wildman–Crippen MR) is 216 cm³/mol. The summed E-state index contributed by atoms with van der Waals surface area (Å²) in [7, 11) is 3.65. The van der Waals surface area contributed by atoms with Gasteiger partial charge in [-0.25, -0.2) is 9.59 Å². The summed E-state index contributed by atoms with van der Waals surface area (Å²) in [6, 6.07) is 8.76. The molecule has 2 atom stereocenters. The Morgan fingerprint density at radius 3 is 1.44 bits per heavy atom. The molecule has 0 spiro atoms. The standard InChI is InChI=1S/C22H36N2O5.C15H30N2O5.C2H6O.CH4/c1-17(2)19(20(25)28-16-18-10-8-7-9-11-18)24(6)13-15-27-14-12-23-21(26)29-22(3,4)5;1-11(2)12(13(18)19)17(6)8-10-21-9-7-16-14(20)22-15(3,4)5;1-2-3;/h7-11,17,19H,12-16H2,1-6H3,(H,23,26);11-12H,7-10H2,1-6H3,(H,16,20)(H,18,19);3H,2H2,1H3;1H4/t19-;12-;;/m00../s1. The van der Waals surface area contributed by atoms with Gasteiger partial charge in [0.25, 0.3) is 0 Å². The maximum atomic E-state index is 12.6. The van der Waals surface area contributed by atoms with Gasteiger partial charge in [-0.15, -0.1) is 0 Å². The number of ether oxygens (including phenoxy) is 5. The number of carbonyl (C=O) groups excluding carboxylic acids is 3. The van der Waals surface area contributed by atoms with Gasteiger partial charge in [0, 0.05) is 32.8 Å². The quantitative estimate of drug-likeness (QED) is 0.0746. The number of carboxylic acid groups (broad SMARTS) is 1. The van der Waals surface area contributed by atoms with Gasteiger partial charge in [0.05, 0.1) is 26.4 Å². The molecule has 15 heteroatoms. The summed E-state index contributed by atoms with van der Waals surface area (Å²) in [5.74, 6) is -0.935. The maximum absolute atomic E-state index is 12.6. The number of nitrogens with one attached hydrogen (secondary N) is 2. The number of aliphatic hydroxyl groups excluding tert-OH is 1. The number of carboxylic acids is 1. The Hall–Kier alpha value is -3.50. The molecule has 4 N–H and O–H groups in total. The predicted octanol–water partition coefficient (Wildman–Crippen LogP) is 5.43. The number of likely N-dealkylation sites (N-methyl/N-ethyl adjacent to an activating group) is 2. The minimum atomic E-state index is -0.830. The smallest absolute Gasteiger partial charge is 0.407 e. The second-order valence-electron chi connectivity index (χ2n) is 15.2. The molecule has 0 saturated carbocycles. The summed E-state index contributed by atoms with van der Waals surface area (Å²) < 4.78 is 26.7. The van der Waals surface area contributed by atoms with Crippen LogP contribution in [0.4, 0.5) is 9.59 Å². The lowest BCUT2D eigenvalue weighted by atomic mass is 10.0. The average Bonchev–Trinajstić information content (AvgIpc) is 3.02. The van der Waals surface area contributed by atoms with Crippen molar-refractivity contribution in [1.29, 1.82) is 0 Å². The molecule has 0 aliphatic rings. The number of rotatable bonds is 20. The van der Waals surface area contributed by atoms with Gasteiger partial charge in [0.1, 0.15) is 29.9 Å². The van der Waals surface area contributed by atoms with E-state index in [1.54, 1.807) is 39.6 Å². The summed E-state index contributed by atoms with van der Waals surface area (Å²) >= 11 is 0. The minimum absolute atomic E-state index is 0. The third-order valence-electron chi connectivity index (χ3n) is 6.94.